The highest BCUT2D eigenvalue weighted by molar-refractivity contribution is 5.87. The molecule has 1 rings (SSSR count). The minimum atomic E-state index is -1.00. The van der Waals surface area contributed by atoms with Gasteiger partial charge in [0.1, 0.15) is 12.0 Å². The number of nitrogens with one attached hydrogen (secondary N) is 1. The van der Waals surface area contributed by atoms with Gasteiger partial charge in [0.15, 0.2) is 0 Å². The lowest BCUT2D eigenvalue weighted by atomic mass is 10.1. The van der Waals surface area contributed by atoms with Gasteiger partial charge in [-0.25, -0.2) is 4.79 Å². The molecule has 0 amide bonds. The van der Waals surface area contributed by atoms with E-state index in [9.17, 15) is 9.90 Å². The Morgan fingerprint density at radius 2 is 2.24 bits per heavy atom. The average molecular weight is 241 g/mol. The van der Waals surface area contributed by atoms with Gasteiger partial charge in [-0.15, -0.1) is 0 Å². The Morgan fingerprint density at radius 3 is 2.76 bits per heavy atom. The van der Waals surface area contributed by atoms with Gasteiger partial charge in [-0.3, -0.25) is 0 Å². The van der Waals surface area contributed by atoms with E-state index in [1.165, 1.54) is 12.3 Å². The zero-order chi connectivity index (χ0) is 12.8. The summed E-state index contributed by atoms with van der Waals surface area (Å²) in [6, 6.07) is 1.48. The number of aliphatic hydroxyl groups excluding tert-OH is 1. The highest BCUT2D eigenvalue weighted by atomic mass is 16.4. The Morgan fingerprint density at radius 1 is 1.53 bits per heavy atom. The van der Waals surface area contributed by atoms with Crippen LogP contribution in [0.5, 0.6) is 0 Å². The molecule has 0 radical (unpaired) electrons. The van der Waals surface area contributed by atoms with Gasteiger partial charge in [0.25, 0.3) is 0 Å². The second-order valence-electron chi connectivity index (χ2n) is 4.52. The molecule has 1 heterocycles. The van der Waals surface area contributed by atoms with Gasteiger partial charge < -0.3 is 19.9 Å². The fourth-order valence-electron chi connectivity index (χ4n) is 1.57. The third-order valence-electron chi connectivity index (χ3n) is 2.32. The van der Waals surface area contributed by atoms with Crippen molar-refractivity contribution in [2.45, 2.75) is 32.9 Å². The number of aliphatic hydroxyl groups is 1. The van der Waals surface area contributed by atoms with Crippen LogP contribution in [0.15, 0.2) is 16.7 Å². The zero-order valence-electron chi connectivity index (χ0n) is 10.1. The number of hydrogen-bond acceptors (Lipinski definition) is 4. The first kappa shape index (κ1) is 13.7. The third kappa shape index (κ3) is 5.01. The summed E-state index contributed by atoms with van der Waals surface area (Å²) in [6.07, 6.45) is 1.57. The molecule has 0 spiro atoms. The van der Waals surface area contributed by atoms with Gasteiger partial charge >= 0.3 is 5.97 Å². The summed E-state index contributed by atoms with van der Waals surface area (Å²) in [6.45, 7) is 4.99. The van der Waals surface area contributed by atoms with E-state index in [1.54, 1.807) is 0 Å². The molecule has 1 unspecified atom stereocenters. The predicted molar refractivity (Wildman–Crippen MR) is 62.8 cm³/mol. The summed E-state index contributed by atoms with van der Waals surface area (Å²) in [4.78, 5) is 10.6. The number of furan rings is 1. The van der Waals surface area contributed by atoms with Crippen LogP contribution in [0.3, 0.4) is 0 Å². The Balaban J connectivity index is 2.28. The van der Waals surface area contributed by atoms with Crippen molar-refractivity contribution in [1.29, 1.82) is 0 Å². The van der Waals surface area contributed by atoms with Gasteiger partial charge in [0.2, 0.25) is 0 Å². The Hall–Kier alpha value is -1.33. The van der Waals surface area contributed by atoms with E-state index >= 15 is 0 Å². The fourth-order valence-corrected chi connectivity index (χ4v) is 1.57. The lowest BCUT2D eigenvalue weighted by Gasteiger charge is -2.13. The van der Waals surface area contributed by atoms with Gasteiger partial charge in [0.05, 0.1) is 18.2 Å². The van der Waals surface area contributed by atoms with Crippen molar-refractivity contribution in [3.8, 4) is 0 Å². The average Bonchev–Trinajstić information content (AvgIpc) is 2.65. The van der Waals surface area contributed by atoms with Crippen LogP contribution in [0.1, 0.15) is 36.4 Å². The van der Waals surface area contributed by atoms with E-state index in [4.69, 9.17) is 9.52 Å². The molecule has 0 bridgehead atoms. The van der Waals surface area contributed by atoms with E-state index in [0.717, 1.165) is 6.42 Å². The quantitative estimate of drug-likeness (QED) is 0.673. The normalized spacial score (nSPS) is 12.9. The number of carbonyl (C=O) groups is 1. The van der Waals surface area contributed by atoms with Gasteiger partial charge in [-0.2, -0.15) is 0 Å². The number of carboxylic acid groups (broad SMARTS) is 1. The molecule has 3 N–H and O–H groups in total. The summed E-state index contributed by atoms with van der Waals surface area (Å²) in [5.74, 6) is 0.00742. The van der Waals surface area contributed by atoms with E-state index in [2.05, 4.69) is 19.2 Å². The van der Waals surface area contributed by atoms with E-state index in [-0.39, 0.29) is 11.7 Å². The van der Waals surface area contributed by atoms with Crippen molar-refractivity contribution >= 4 is 5.97 Å². The minimum Gasteiger partial charge on any atom is -0.478 e. The van der Waals surface area contributed by atoms with Crippen molar-refractivity contribution < 1.29 is 19.4 Å². The summed E-state index contributed by atoms with van der Waals surface area (Å²) in [5, 5.41) is 21.3. The van der Waals surface area contributed by atoms with Crippen molar-refractivity contribution in [3.63, 3.8) is 0 Å². The van der Waals surface area contributed by atoms with Crippen molar-refractivity contribution in [2.75, 3.05) is 6.54 Å². The molecule has 0 aliphatic carbocycles. The van der Waals surface area contributed by atoms with E-state index in [1.807, 2.05) is 0 Å². The molecule has 1 aromatic rings. The van der Waals surface area contributed by atoms with Crippen LogP contribution >= 0.6 is 0 Å². The minimum absolute atomic E-state index is 0.143. The van der Waals surface area contributed by atoms with Crippen LogP contribution in [0, 0.1) is 5.92 Å². The Kier molecular flexibility index (Phi) is 5.18. The first-order chi connectivity index (χ1) is 7.99. The number of rotatable bonds is 7. The lowest BCUT2D eigenvalue weighted by Crippen LogP contribution is -2.27. The maximum absolute atomic E-state index is 10.6. The maximum Gasteiger partial charge on any atom is 0.338 e. The summed E-state index contributed by atoms with van der Waals surface area (Å²) in [5.41, 5.74) is 0.143. The van der Waals surface area contributed by atoms with Gasteiger partial charge in [0, 0.05) is 6.54 Å². The standard InChI is InChI=1S/C12H19NO4/c1-8(2)3-10(14)5-13-6-11-4-9(7-17-11)12(15)16/h4,7-8,10,13-14H,3,5-6H2,1-2H3,(H,15,16). The van der Waals surface area contributed by atoms with Crippen LogP contribution in [-0.2, 0) is 6.54 Å². The number of hydrogen-bond donors (Lipinski definition) is 3. The van der Waals surface area contributed by atoms with Crippen LogP contribution in [0.2, 0.25) is 0 Å². The fraction of sp³-hybridized carbons (Fsp3) is 0.583. The van der Waals surface area contributed by atoms with Gasteiger partial charge in [-0.1, -0.05) is 13.8 Å². The highest BCUT2D eigenvalue weighted by Crippen LogP contribution is 2.08. The molecule has 1 atom stereocenters. The SMILES string of the molecule is CC(C)CC(O)CNCc1cc(C(=O)O)co1. The Labute approximate surface area is 100 Å². The lowest BCUT2D eigenvalue weighted by molar-refractivity contribution is 0.0696. The summed E-state index contributed by atoms with van der Waals surface area (Å²) in [7, 11) is 0. The molecule has 0 aliphatic rings. The molecule has 1 aromatic heterocycles. The Bertz CT molecular complexity index is 359. The molecule has 17 heavy (non-hydrogen) atoms. The van der Waals surface area contributed by atoms with Crippen LogP contribution < -0.4 is 5.32 Å². The zero-order valence-corrected chi connectivity index (χ0v) is 10.1. The van der Waals surface area contributed by atoms with Gasteiger partial charge in [-0.05, 0) is 18.4 Å². The van der Waals surface area contributed by atoms with Crippen LogP contribution in [0.4, 0.5) is 0 Å². The molecule has 96 valence electrons. The molecular formula is C12H19NO4. The van der Waals surface area contributed by atoms with Crippen LogP contribution in [0.25, 0.3) is 0 Å². The number of carboxylic acids is 1. The largest absolute Gasteiger partial charge is 0.478 e. The maximum atomic E-state index is 10.6. The van der Waals surface area contributed by atoms with Crippen molar-refractivity contribution in [1.82, 2.24) is 5.32 Å². The van der Waals surface area contributed by atoms with Crippen molar-refractivity contribution in [2.24, 2.45) is 5.92 Å². The topological polar surface area (TPSA) is 82.7 Å². The van der Waals surface area contributed by atoms with E-state index < -0.39 is 5.97 Å². The third-order valence-corrected chi connectivity index (χ3v) is 2.32. The molecular weight excluding hydrogens is 222 g/mol. The molecule has 0 saturated carbocycles. The second-order valence-corrected chi connectivity index (χ2v) is 4.52. The van der Waals surface area contributed by atoms with Crippen molar-refractivity contribution in [3.05, 3.63) is 23.7 Å². The second kappa shape index (κ2) is 6.42. The smallest absolute Gasteiger partial charge is 0.338 e. The molecule has 5 nitrogen and oxygen atoms in total. The molecule has 0 fully saturated rings. The molecule has 5 heteroatoms. The van der Waals surface area contributed by atoms with E-state index in [0.29, 0.717) is 24.8 Å². The molecule has 0 aromatic carbocycles. The highest BCUT2D eigenvalue weighted by Gasteiger charge is 2.09. The summed E-state index contributed by atoms with van der Waals surface area (Å²) < 4.78 is 5.06. The van der Waals surface area contributed by atoms with Crippen LogP contribution in [-0.4, -0.2) is 28.8 Å². The first-order valence-electron chi connectivity index (χ1n) is 5.68. The molecule has 0 aliphatic heterocycles. The molecule has 0 saturated heterocycles. The summed E-state index contributed by atoms with van der Waals surface area (Å²) >= 11 is 0. The number of aromatic carboxylic acids is 1. The predicted octanol–water partition coefficient (Wildman–Crippen LogP) is 1.47. The first-order valence-corrected chi connectivity index (χ1v) is 5.68. The monoisotopic (exact) mass is 241 g/mol.